The van der Waals surface area contributed by atoms with Gasteiger partial charge in [-0.1, -0.05) is 29.8 Å². The number of nitrogens with one attached hydrogen (secondary N) is 1. The van der Waals surface area contributed by atoms with Gasteiger partial charge in [-0.3, -0.25) is 4.79 Å². The maximum absolute atomic E-state index is 11.8. The minimum atomic E-state index is -0.288. The predicted octanol–water partition coefficient (Wildman–Crippen LogP) is 2.76. The van der Waals surface area contributed by atoms with E-state index in [2.05, 4.69) is 21.2 Å². The number of carbonyl (C=O) groups excluding carboxylic acids is 1. The summed E-state index contributed by atoms with van der Waals surface area (Å²) in [5.74, 6) is 0.525. The molecule has 94 valence electrons. The highest BCUT2D eigenvalue weighted by molar-refractivity contribution is 9.10. The number of carbonyl (C=O) groups is 1. The number of amides is 1. The van der Waals surface area contributed by atoms with Crippen LogP contribution in [0.2, 0.25) is 0 Å². The van der Waals surface area contributed by atoms with Crippen molar-refractivity contribution < 1.29 is 14.6 Å². The van der Waals surface area contributed by atoms with Crippen LogP contribution in [0.1, 0.15) is 13.8 Å². The summed E-state index contributed by atoms with van der Waals surface area (Å²) in [6.45, 7) is 3.87. The molecule has 0 radical (unpaired) electrons. The molecule has 0 aromatic heterocycles. The van der Waals surface area contributed by atoms with E-state index in [0.29, 0.717) is 11.4 Å². The van der Waals surface area contributed by atoms with Crippen LogP contribution in [-0.2, 0) is 4.79 Å². The predicted molar refractivity (Wildman–Crippen MR) is 70.8 cm³/mol. The van der Waals surface area contributed by atoms with E-state index in [1.807, 2.05) is 13.8 Å². The van der Waals surface area contributed by atoms with Crippen molar-refractivity contribution in [3.05, 3.63) is 18.2 Å². The molecular formula is C12H16BrNO3. The molecule has 0 saturated carbocycles. The van der Waals surface area contributed by atoms with Gasteiger partial charge in [0, 0.05) is 6.07 Å². The molecule has 0 aliphatic heterocycles. The number of rotatable bonds is 4. The number of aromatic hydroxyl groups is 1. The number of methoxy groups -OCH3 is 1. The van der Waals surface area contributed by atoms with Gasteiger partial charge in [0.15, 0.2) is 0 Å². The van der Waals surface area contributed by atoms with E-state index in [1.165, 1.54) is 13.2 Å². The lowest BCUT2D eigenvalue weighted by Gasteiger charge is -2.14. The van der Waals surface area contributed by atoms with Gasteiger partial charge in [0.2, 0.25) is 5.91 Å². The summed E-state index contributed by atoms with van der Waals surface area (Å²) < 4.78 is 4.96. The number of hydrogen-bond acceptors (Lipinski definition) is 3. The van der Waals surface area contributed by atoms with Gasteiger partial charge >= 0.3 is 0 Å². The smallest absolute Gasteiger partial charge is 0.238 e. The molecule has 17 heavy (non-hydrogen) atoms. The first-order valence-electron chi connectivity index (χ1n) is 5.27. The van der Waals surface area contributed by atoms with Crippen molar-refractivity contribution in [1.82, 2.24) is 0 Å². The van der Waals surface area contributed by atoms with Crippen LogP contribution in [-0.4, -0.2) is 23.0 Å². The molecule has 1 amide bonds. The number of alkyl halides is 1. The van der Waals surface area contributed by atoms with Crippen molar-refractivity contribution in [2.45, 2.75) is 18.7 Å². The highest BCUT2D eigenvalue weighted by Crippen LogP contribution is 2.28. The van der Waals surface area contributed by atoms with Crippen LogP contribution >= 0.6 is 15.9 Å². The Hall–Kier alpha value is -1.23. The van der Waals surface area contributed by atoms with E-state index in [0.717, 1.165) is 0 Å². The normalized spacial score (nSPS) is 12.3. The van der Waals surface area contributed by atoms with Crippen molar-refractivity contribution in [2.75, 3.05) is 12.4 Å². The Morgan fingerprint density at radius 2 is 2.12 bits per heavy atom. The number of phenolic OH excluding ortho intramolecular Hbond substituents is 1. The molecule has 0 aliphatic rings. The topological polar surface area (TPSA) is 58.6 Å². The first-order valence-corrected chi connectivity index (χ1v) is 6.19. The first kappa shape index (κ1) is 13.8. The molecule has 4 nitrogen and oxygen atoms in total. The average Bonchev–Trinajstić information content (AvgIpc) is 2.30. The Kier molecular flexibility index (Phi) is 4.81. The second-order valence-electron chi connectivity index (χ2n) is 4.02. The van der Waals surface area contributed by atoms with Gasteiger partial charge in [-0.05, 0) is 18.1 Å². The van der Waals surface area contributed by atoms with Crippen LogP contribution in [0.4, 0.5) is 5.69 Å². The fourth-order valence-corrected chi connectivity index (χ4v) is 1.36. The van der Waals surface area contributed by atoms with Crippen LogP contribution in [0, 0.1) is 5.92 Å². The number of hydrogen-bond donors (Lipinski definition) is 2. The third-order valence-electron chi connectivity index (χ3n) is 2.30. The standard InChI is InChI=1S/C12H16BrNO3/c1-7(2)11(13)12(16)14-9-5-4-8(17-3)6-10(9)15/h4-7,11,15H,1-3H3,(H,14,16). The maximum Gasteiger partial charge on any atom is 0.238 e. The highest BCUT2D eigenvalue weighted by Gasteiger charge is 2.19. The summed E-state index contributed by atoms with van der Waals surface area (Å²) in [5, 5.41) is 12.3. The highest BCUT2D eigenvalue weighted by atomic mass is 79.9. The molecule has 1 aromatic rings. The fraction of sp³-hybridized carbons (Fsp3) is 0.417. The lowest BCUT2D eigenvalue weighted by atomic mass is 10.1. The molecule has 1 aromatic carbocycles. The molecule has 0 spiro atoms. The van der Waals surface area contributed by atoms with Crippen LogP contribution in [0.5, 0.6) is 11.5 Å². The van der Waals surface area contributed by atoms with Gasteiger partial charge in [0.05, 0.1) is 17.6 Å². The summed E-state index contributed by atoms with van der Waals surface area (Å²) in [7, 11) is 1.51. The third-order valence-corrected chi connectivity index (χ3v) is 3.77. The Morgan fingerprint density at radius 1 is 1.47 bits per heavy atom. The summed E-state index contributed by atoms with van der Waals surface area (Å²) in [6.07, 6.45) is 0. The van der Waals surface area contributed by atoms with Gasteiger partial charge < -0.3 is 15.2 Å². The summed E-state index contributed by atoms with van der Waals surface area (Å²) in [4.78, 5) is 11.5. The van der Waals surface area contributed by atoms with E-state index in [9.17, 15) is 9.90 Å². The second kappa shape index (κ2) is 5.91. The molecule has 0 bridgehead atoms. The molecule has 2 N–H and O–H groups in total. The van der Waals surface area contributed by atoms with Crippen LogP contribution in [0.3, 0.4) is 0 Å². The summed E-state index contributed by atoms with van der Waals surface area (Å²) >= 11 is 3.30. The lowest BCUT2D eigenvalue weighted by molar-refractivity contribution is -0.116. The van der Waals surface area contributed by atoms with Crippen molar-refractivity contribution in [3.63, 3.8) is 0 Å². The van der Waals surface area contributed by atoms with E-state index in [4.69, 9.17) is 4.74 Å². The molecule has 1 unspecified atom stereocenters. The van der Waals surface area contributed by atoms with Crippen molar-refractivity contribution >= 4 is 27.5 Å². The van der Waals surface area contributed by atoms with Gasteiger partial charge in [-0.25, -0.2) is 0 Å². The molecule has 1 atom stereocenters. The van der Waals surface area contributed by atoms with E-state index in [-0.39, 0.29) is 22.4 Å². The van der Waals surface area contributed by atoms with E-state index >= 15 is 0 Å². The van der Waals surface area contributed by atoms with E-state index < -0.39 is 0 Å². The van der Waals surface area contributed by atoms with Crippen molar-refractivity contribution in [1.29, 1.82) is 0 Å². The molecular weight excluding hydrogens is 286 g/mol. The number of ether oxygens (including phenoxy) is 1. The van der Waals surface area contributed by atoms with Gasteiger partial charge in [-0.2, -0.15) is 0 Å². The van der Waals surface area contributed by atoms with Gasteiger partial charge in [0.1, 0.15) is 11.5 Å². The van der Waals surface area contributed by atoms with Crippen LogP contribution in [0.15, 0.2) is 18.2 Å². The SMILES string of the molecule is COc1ccc(NC(=O)C(Br)C(C)C)c(O)c1. The summed E-state index contributed by atoms with van der Waals surface area (Å²) in [5.41, 5.74) is 0.376. The Balaban J connectivity index is 2.78. The number of benzene rings is 1. The van der Waals surface area contributed by atoms with Crippen LogP contribution < -0.4 is 10.1 Å². The minimum absolute atomic E-state index is 0.0128. The molecule has 0 heterocycles. The quantitative estimate of drug-likeness (QED) is 0.664. The summed E-state index contributed by atoms with van der Waals surface area (Å²) in [6, 6.07) is 4.73. The van der Waals surface area contributed by atoms with Crippen molar-refractivity contribution in [2.24, 2.45) is 5.92 Å². The minimum Gasteiger partial charge on any atom is -0.506 e. The lowest BCUT2D eigenvalue weighted by Crippen LogP contribution is -2.26. The zero-order valence-corrected chi connectivity index (χ0v) is 11.6. The number of phenols is 1. The number of halogens is 1. The Morgan fingerprint density at radius 3 is 2.59 bits per heavy atom. The molecule has 0 aliphatic carbocycles. The zero-order valence-electron chi connectivity index (χ0n) is 10.0. The zero-order chi connectivity index (χ0) is 13.0. The largest absolute Gasteiger partial charge is 0.506 e. The third kappa shape index (κ3) is 3.63. The van der Waals surface area contributed by atoms with Gasteiger partial charge in [0.25, 0.3) is 0 Å². The van der Waals surface area contributed by atoms with Gasteiger partial charge in [-0.15, -0.1) is 0 Å². The second-order valence-corrected chi connectivity index (χ2v) is 5.00. The molecule has 0 saturated heterocycles. The molecule has 1 rings (SSSR count). The number of anilines is 1. The van der Waals surface area contributed by atoms with E-state index in [1.54, 1.807) is 12.1 Å². The Labute approximate surface area is 109 Å². The van der Waals surface area contributed by atoms with Crippen molar-refractivity contribution in [3.8, 4) is 11.5 Å². The monoisotopic (exact) mass is 301 g/mol. The molecule has 0 fully saturated rings. The maximum atomic E-state index is 11.8. The first-order chi connectivity index (χ1) is 7.95. The van der Waals surface area contributed by atoms with Crippen LogP contribution in [0.25, 0.3) is 0 Å². The average molecular weight is 302 g/mol. The Bertz CT molecular complexity index is 407. The molecule has 5 heteroatoms. The fourth-order valence-electron chi connectivity index (χ4n) is 1.25.